The molecule has 6 nitrogen and oxygen atoms in total. The first-order valence-electron chi connectivity index (χ1n) is 18.1. The fraction of sp³-hybridized carbons (Fsp3) is 0.0213. The summed E-state index contributed by atoms with van der Waals surface area (Å²) in [6.45, 7) is 0. The van der Waals surface area contributed by atoms with E-state index in [2.05, 4.69) is 189 Å². The summed E-state index contributed by atoms with van der Waals surface area (Å²) in [5.41, 5.74) is 11.8. The van der Waals surface area contributed by atoms with E-state index in [0.29, 0.717) is 0 Å². The summed E-state index contributed by atoms with van der Waals surface area (Å²) in [6.07, 6.45) is 8.60. The maximum Gasteiger partial charge on any atom is 0.209 e. The van der Waals surface area contributed by atoms with Gasteiger partial charge in [-0.2, -0.15) is 0 Å². The van der Waals surface area contributed by atoms with E-state index in [1.54, 1.807) is 0 Å². The number of hydrogen-bond acceptors (Lipinski definition) is 3. The van der Waals surface area contributed by atoms with Crippen molar-refractivity contribution in [3.05, 3.63) is 181 Å². The van der Waals surface area contributed by atoms with Gasteiger partial charge in [0.05, 0.1) is 39.3 Å². The van der Waals surface area contributed by atoms with Crippen molar-refractivity contribution in [1.29, 1.82) is 0 Å². The van der Waals surface area contributed by atoms with E-state index in [1.807, 2.05) is 0 Å². The van der Waals surface area contributed by atoms with Gasteiger partial charge in [0, 0.05) is 43.8 Å². The van der Waals surface area contributed by atoms with Gasteiger partial charge in [0.25, 0.3) is 0 Å². The topological polar surface area (TPSA) is 51.5 Å². The largest absolute Gasteiger partial charge is 0.345 e. The first-order chi connectivity index (χ1) is 26.3. The van der Waals surface area contributed by atoms with Gasteiger partial charge in [0.1, 0.15) is 11.3 Å². The monoisotopic (exact) mass is 678 g/mol. The first-order valence-corrected chi connectivity index (χ1v) is 18.1. The van der Waals surface area contributed by atoms with Gasteiger partial charge in [0.15, 0.2) is 0 Å². The summed E-state index contributed by atoms with van der Waals surface area (Å²) in [5.74, 6) is 0.800. The molecule has 0 spiro atoms. The molecule has 53 heavy (non-hydrogen) atoms. The predicted octanol–water partition coefficient (Wildman–Crippen LogP) is 10.6. The zero-order valence-electron chi connectivity index (χ0n) is 28.5. The maximum absolute atomic E-state index is 5.45. The number of aliphatic imine (C=N–C) groups is 1. The van der Waals surface area contributed by atoms with Crippen LogP contribution in [0.3, 0.4) is 0 Å². The highest BCUT2D eigenvalue weighted by Gasteiger charge is 2.29. The third-order valence-electron chi connectivity index (χ3n) is 11.0. The number of benzene rings is 6. The van der Waals surface area contributed by atoms with Crippen LogP contribution in [-0.2, 0) is 0 Å². The quantitative estimate of drug-likeness (QED) is 0.198. The lowest BCUT2D eigenvalue weighted by Crippen LogP contribution is -2.42. The Balaban J connectivity index is 1.27. The van der Waals surface area contributed by atoms with Crippen LogP contribution in [0.5, 0.6) is 0 Å². The number of nitrogens with zero attached hydrogens (tertiary/aromatic N) is 5. The summed E-state index contributed by atoms with van der Waals surface area (Å²) in [6, 6.07) is 51.8. The van der Waals surface area contributed by atoms with Gasteiger partial charge in [-0.15, -0.1) is 0 Å². The molecule has 12 rings (SSSR count). The molecule has 0 saturated heterocycles. The van der Waals surface area contributed by atoms with E-state index in [9.17, 15) is 0 Å². The summed E-state index contributed by atoms with van der Waals surface area (Å²) in [4.78, 5) is 10.9. The number of allylic oxidation sites excluding steroid dienone is 2. The van der Waals surface area contributed by atoms with Crippen LogP contribution in [0.15, 0.2) is 180 Å². The molecule has 6 heteroatoms. The van der Waals surface area contributed by atoms with Crippen molar-refractivity contribution in [1.82, 2.24) is 23.8 Å². The predicted molar refractivity (Wildman–Crippen MR) is 219 cm³/mol. The van der Waals surface area contributed by atoms with Crippen molar-refractivity contribution in [3.8, 4) is 5.69 Å². The van der Waals surface area contributed by atoms with Crippen molar-refractivity contribution in [2.75, 3.05) is 0 Å². The van der Waals surface area contributed by atoms with Gasteiger partial charge in [-0.05, 0) is 47.9 Å². The minimum Gasteiger partial charge on any atom is -0.345 e. The van der Waals surface area contributed by atoms with Crippen LogP contribution < -0.4 is 5.32 Å². The van der Waals surface area contributed by atoms with Crippen molar-refractivity contribution in [3.63, 3.8) is 0 Å². The molecule has 1 aliphatic heterocycles. The Morgan fingerprint density at radius 3 is 2.02 bits per heavy atom. The molecule has 2 aliphatic rings. The Morgan fingerprint density at radius 2 is 1.21 bits per heavy atom. The minimum atomic E-state index is -0.00702. The van der Waals surface area contributed by atoms with Crippen molar-refractivity contribution in [2.24, 2.45) is 4.99 Å². The summed E-state index contributed by atoms with van der Waals surface area (Å²) in [7, 11) is 0. The summed E-state index contributed by atoms with van der Waals surface area (Å²) >= 11 is 0. The smallest absolute Gasteiger partial charge is 0.209 e. The van der Waals surface area contributed by atoms with E-state index in [1.165, 1.54) is 16.2 Å². The Hall–Kier alpha value is -7.18. The van der Waals surface area contributed by atoms with Gasteiger partial charge in [0.2, 0.25) is 5.96 Å². The highest BCUT2D eigenvalue weighted by atomic mass is 15.2. The zero-order valence-corrected chi connectivity index (χ0v) is 28.5. The van der Waals surface area contributed by atoms with Crippen LogP contribution >= 0.6 is 0 Å². The SMILES string of the molecule is C1=CC2=C(c3ccccc3)N=C(n3c4ccccc4c4c5c(ccc43)c3c4ccccc4n(-c4ccccc4)c3n3c4ccccc4nc53)NC2C=C1. The molecule has 0 fully saturated rings. The molecule has 248 valence electrons. The molecule has 10 aromatic rings. The molecule has 1 unspecified atom stereocenters. The number of fused-ring (bicyclic) bond motifs is 15. The lowest BCUT2D eigenvalue weighted by Gasteiger charge is -2.28. The second-order valence-corrected chi connectivity index (χ2v) is 13.9. The van der Waals surface area contributed by atoms with Crippen LogP contribution in [0.2, 0.25) is 0 Å². The molecular weight excluding hydrogens is 649 g/mol. The molecular formula is C47H30N6. The number of hydrogen-bond donors (Lipinski definition) is 1. The van der Waals surface area contributed by atoms with Crippen LogP contribution in [-0.4, -0.2) is 30.5 Å². The second kappa shape index (κ2) is 10.7. The highest BCUT2D eigenvalue weighted by molar-refractivity contribution is 6.33. The molecule has 1 aliphatic carbocycles. The van der Waals surface area contributed by atoms with Gasteiger partial charge in [-0.25, -0.2) is 9.98 Å². The van der Waals surface area contributed by atoms with Crippen LogP contribution in [0, 0.1) is 0 Å². The second-order valence-electron chi connectivity index (χ2n) is 13.9. The third-order valence-corrected chi connectivity index (χ3v) is 11.0. The van der Waals surface area contributed by atoms with Crippen molar-refractivity contribution < 1.29 is 0 Å². The molecule has 0 saturated carbocycles. The van der Waals surface area contributed by atoms with Crippen molar-refractivity contribution in [2.45, 2.75) is 6.04 Å². The molecule has 0 amide bonds. The zero-order chi connectivity index (χ0) is 34.6. The maximum atomic E-state index is 5.45. The average Bonchev–Trinajstić information content (AvgIpc) is 3.89. The number of rotatable bonds is 2. The van der Waals surface area contributed by atoms with Gasteiger partial charge in [-0.3, -0.25) is 13.5 Å². The number of pyridine rings is 1. The Morgan fingerprint density at radius 1 is 0.528 bits per heavy atom. The number of aromatic nitrogens is 4. The molecule has 0 radical (unpaired) electrons. The molecule has 0 bridgehead atoms. The molecule has 4 aromatic heterocycles. The van der Waals surface area contributed by atoms with E-state index in [-0.39, 0.29) is 6.04 Å². The van der Waals surface area contributed by atoms with Crippen LogP contribution in [0.1, 0.15) is 5.56 Å². The number of nitrogens with one attached hydrogen (secondary N) is 1. The Labute approximate surface area is 303 Å². The summed E-state index contributed by atoms with van der Waals surface area (Å²) in [5, 5.41) is 10.9. The normalized spacial score (nSPS) is 15.8. The lowest BCUT2D eigenvalue weighted by molar-refractivity contribution is 0.805. The van der Waals surface area contributed by atoms with Gasteiger partial charge in [-0.1, -0.05) is 127 Å². The van der Waals surface area contributed by atoms with Crippen LogP contribution in [0.4, 0.5) is 0 Å². The highest BCUT2D eigenvalue weighted by Crippen LogP contribution is 2.45. The van der Waals surface area contributed by atoms with Crippen molar-refractivity contribution >= 4 is 82.9 Å². The van der Waals surface area contributed by atoms with Crippen LogP contribution in [0.25, 0.3) is 82.6 Å². The first kappa shape index (κ1) is 28.5. The molecule has 5 heterocycles. The summed E-state index contributed by atoms with van der Waals surface area (Å²) < 4.78 is 7.11. The minimum absolute atomic E-state index is 0.00702. The fourth-order valence-corrected chi connectivity index (χ4v) is 8.86. The van der Waals surface area contributed by atoms with E-state index in [0.717, 1.165) is 83.5 Å². The molecule has 1 N–H and O–H groups in total. The van der Waals surface area contributed by atoms with E-state index >= 15 is 0 Å². The lowest BCUT2D eigenvalue weighted by atomic mass is 9.95. The Bertz CT molecular complexity index is 3300. The molecule has 6 aromatic carbocycles. The third kappa shape index (κ3) is 3.86. The Kier molecular flexibility index (Phi) is 5.74. The number of para-hydroxylation sites is 5. The average molecular weight is 679 g/mol. The standard InChI is InChI=1S/C47H30N6/c1-3-15-29(16-4-1)44-31-19-7-10-22-35(31)49-47(50-44)52-38-25-13-9-21-33(38)42-40(52)28-27-34-41-32-20-8-12-24-37(32)51(30-17-5-2-6-18-30)46(41)53-39-26-14-11-23-36(39)48-45(53)43(34)42/h1-28,35H,(H,49,50). The molecule has 1 atom stereocenters. The number of imidazole rings is 1. The van der Waals surface area contributed by atoms with Gasteiger partial charge >= 0.3 is 0 Å². The van der Waals surface area contributed by atoms with Gasteiger partial charge < -0.3 is 5.32 Å². The van der Waals surface area contributed by atoms with E-state index < -0.39 is 0 Å². The van der Waals surface area contributed by atoms with E-state index in [4.69, 9.17) is 9.98 Å². The fourth-order valence-electron chi connectivity index (χ4n) is 8.86.